The van der Waals surface area contributed by atoms with Crippen LogP contribution in [-0.2, 0) is 6.42 Å². The second-order valence-electron chi connectivity index (χ2n) is 5.13. The van der Waals surface area contributed by atoms with E-state index in [1.54, 1.807) is 6.33 Å². The zero-order chi connectivity index (χ0) is 14.8. The van der Waals surface area contributed by atoms with E-state index in [2.05, 4.69) is 16.0 Å². The SMILES string of the molecule is C1=Cc2ncnc(-c3ccc(Oc4ccccc4)cc3)c2C1. The van der Waals surface area contributed by atoms with Crippen molar-refractivity contribution in [2.45, 2.75) is 6.42 Å². The number of ether oxygens (including phenoxy) is 1. The third kappa shape index (κ3) is 2.37. The standard InChI is InChI=1S/C19H14N2O/c1-2-5-15(6-3-1)22-16-11-9-14(10-12-16)19-17-7-4-8-18(17)20-13-21-19/h1-6,8-13H,7H2. The van der Waals surface area contributed by atoms with Gasteiger partial charge in [0.2, 0.25) is 0 Å². The van der Waals surface area contributed by atoms with Gasteiger partial charge >= 0.3 is 0 Å². The van der Waals surface area contributed by atoms with E-state index in [0.29, 0.717) is 0 Å². The molecule has 0 aliphatic heterocycles. The first-order valence-electron chi connectivity index (χ1n) is 7.24. The quantitative estimate of drug-likeness (QED) is 0.710. The van der Waals surface area contributed by atoms with Gasteiger partial charge in [0, 0.05) is 11.1 Å². The minimum Gasteiger partial charge on any atom is -0.457 e. The second-order valence-corrected chi connectivity index (χ2v) is 5.13. The summed E-state index contributed by atoms with van der Waals surface area (Å²) in [5.41, 5.74) is 4.30. The third-order valence-electron chi connectivity index (χ3n) is 3.68. The van der Waals surface area contributed by atoms with Crippen LogP contribution in [0.3, 0.4) is 0 Å². The summed E-state index contributed by atoms with van der Waals surface area (Å²) < 4.78 is 5.82. The fourth-order valence-corrected chi connectivity index (χ4v) is 2.61. The van der Waals surface area contributed by atoms with Crippen LogP contribution >= 0.6 is 0 Å². The Labute approximate surface area is 128 Å². The van der Waals surface area contributed by atoms with Crippen LogP contribution < -0.4 is 4.74 Å². The molecule has 1 aliphatic rings. The lowest BCUT2D eigenvalue weighted by Gasteiger charge is -2.09. The lowest BCUT2D eigenvalue weighted by molar-refractivity contribution is 0.483. The molecular weight excluding hydrogens is 272 g/mol. The minimum absolute atomic E-state index is 0.818. The average molecular weight is 286 g/mol. The van der Waals surface area contributed by atoms with Gasteiger partial charge in [-0.3, -0.25) is 0 Å². The Balaban J connectivity index is 1.62. The predicted molar refractivity (Wildman–Crippen MR) is 86.7 cm³/mol. The fraction of sp³-hybridized carbons (Fsp3) is 0.0526. The highest BCUT2D eigenvalue weighted by Gasteiger charge is 2.14. The first kappa shape index (κ1) is 12.8. The summed E-state index contributed by atoms with van der Waals surface area (Å²) in [4.78, 5) is 8.74. The van der Waals surface area contributed by atoms with Crippen LogP contribution in [0.4, 0.5) is 0 Å². The molecule has 1 aromatic heterocycles. The number of allylic oxidation sites excluding steroid dienone is 1. The van der Waals surface area contributed by atoms with E-state index in [-0.39, 0.29) is 0 Å². The van der Waals surface area contributed by atoms with Gasteiger partial charge in [0.25, 0.3) is 0 Å². The van der Waals surface area contributed by atoms with Crippen LogP contribution in [-0.4, -0.2) is 9.97 Å². The maximum atomic E-state index is 5.82. The van der Waals surface area contributed by atoms with Gasteiger partial charge in [-0.25, -0.2) is 9.97 Å². The van der Waals surface area contributed by atoms with Gasteiger partial charge in [0.1, 0.15) is 17.8 Å². The topological polar surface area (TPSA) is 35.0 Å². The maximum absolute atomic E-state index is 5.82. The molecule has 0 saturated heterocycles. The smallest absolute Gasteiger partial charge is 0.127 e. The molecule has 4 rings (SSSR count). The van der Waals surface area contributed by atoms with E-state index >= 15 is 0 Å². The van der Waals surface area contributed by atoms with Gasteiger partial charge < -0.3 is 4.74 Å². The molecule has 0 radical (unpaired) electrons. The van der Waals surface area contributed by atoms with E-state index < -0.39 is 0 Å². The van der Waals surface area contributed by atoms with E-state index in [1.165, 1.54) is 5.56 Å². The molecule has 0 fully saturated rings. The number of hydrogen-bond acceptors (Lipinski definition) is 3. The minimum atomic E-state index is 0.818. The monoisotopic (exact) mass is 286 g/mol. The number of hydrogen-bond donors (Lipinski definition) is 0. The van der Waals surface area contributed by atoms with Gasteiger partial charge in [0.05, 0.1) is 11.4 Å². The molecule has 3 heteroatoms. The summed E-state index contributed by atoms with van der Waals surface area (Å²) >= 11 is 0. The summed E-state index contributed by atoms with van der Waals surface area (Å²) in [6.07, 6.45) is 6.69. The van der Waals surface area contributed by atoms with Gasteiger partial charge in [-0.2, -0.15) is 0 Å². The highest BCUT2D eigenvalue weighted by atomic mass is 16.5. The van der Waals surface area contributed by atoms with Crippen molar-refractivity contribution in [3.63, 3.8) is 0 Å². The van der Waals surface area contributed by atoms with E-state index in [9.17, 15) is 0 Å². The Hall–Kier alpha value is -2.94. The van der Waals surface area contributed by atoms with Crippen molar-refractivity contribution in [1.82, 2.24) is 9.97 Å². The molecule has 2 aromatic carbocycles. The Morgan fingerprint density at radius 1 is 0.818 bits per heavy atom. The molecule has 1 heterocycles. The zero-order valence-corrected chi connectivity index (χ0v) is 11.9. The van der Waals surface area contributed by atoms with Gasteiger partial charge in [-0.1, -0.05) is 24.3 Å². The predicted octanol–water partition coefficient (Wildman–Crippen LogP) is 4.51. The summed E-state index contributed by atoms with van der Waals surface area (Å²) in [5, 5.41) is 0. The highest BCUT2D eigenvalue weighted by molar-refractivity contribution is 5.71. The van der Waals surface area contributed by atoms with Crippen LogP contribution in [0.5, 0.6) is 11.5 Å². The Kier molecular flexibility index (Phi) is 3.16. The fourth-order valence-electron chi connectivity index (χ4n) is 2.61. The lowest BCUT2D eigenvalue weighted by Crippen LogP contribution is -1.95. The second kappa shape index (κ2) is 5.45. The third-order valence-corrected chi connectivity index (χ3v) is 3.68. The lowest BCUT2D eigenvalue weighted by atomic mass is 10.0. The molecule has 3 nitrogen and oxygen atoms in total. The van der Waals surface area contributed by atoms with E-state index in [1.807, 2.05) is 60.7 Å². The number of nitrogens with zero attached hydrogens (tertiary/aromatic N) is 2. The van der Waals surface area contributed by atoms with Crippen molar-refractivity contribution in [3.05, 3.63) is 78.3 Å². The number of benzene rings is 2. The van der Waals surface area contributed by atoms with Crippen molar-refractivity contribution >= 4 is 6.08 Å². The van der Waals surface area contributed by atoms with Crippen LogP contribution in [0.2, 0.25) is 0 Å². The zero-order valence-electron chi connectivity index (χ0n) is 11.9. The number of fused-ring (bicyclic) bond motifs is 1. The molecule has 0 N–H and O–H groups in total. The summed E-state index contributed by atoms with van der Waals surface area (Å²) in [7, 11) is 0. The molecule has 0 spiro atoms. The Morgan fingerprint density at radius 3 is 2.41 bits per heavy atom. The number of rotatable bonds is 3. The molecule has 1 aliphatic carbocycles. The molecule has 3 aromatic rings. The van der Waals surface area contributed by atoms with Crippen molar-refractivity contribution in [3.8, 4) is 22.8 Å². The molecule has 0 atom stereocenters. The van der Waals surface area contributed by atoms with E-state index in [4.69, 9.17) is 4.74 Å². The first-order valence-corrected chi connectivity index (χ1v) is 7.24. The summed E-state index contributed by atoms with van der Waals surface area (Å²) in [5.74, 6) is 1.65. The molecule has 0 unspecified atom stereocenters. The largest absolute Gasteiger partial charge is 0.457 e. The summed E-state index contributed by atoms with van der Waals surface area (Å²) in [6, 6.07) is 17.8. The maximum Gasteiger partial charge on any atom is 0.127 e. The normalized spacial score (nSPS) is 12.2. The van der Waals surface area contributed by atoms with Gasteiger partial charge in [-0.15, -0.1) is 0 Å². The van der Waals surface area contributed by atoms with Crippen LogP contribution in [0, 0.1) is 0 Å². The molecule has 0 saturated carbocycles. The Morgan fingerprint density at radius 2 is 1.59 bits per heavy atom. The van der Waals surface area contributed by atoms with Crippen molar-refractivity contribution in [2.24, 2.45) is 0 Å². The summed E-state index contributed by atoms with van der Waals surface area (Å²) in [6.45, 7) is 0. The first-order chi connectivity index (χ1) is 10.9. The average Bonchev–Trinajstić information content (AvgIpc) is 3.05. The van der Waals surface area contributed by atoms with Gasteiger partial charge in [-0.05, 0) is 48.9 Å². The molecule has 0 amide bonds. The van der Waals surface area contributed by atoms with Crippen LogP contribution in [0.15, 0.2) is 67.0 Å². The van der Waals surface area contributed by atoms with E-state index in [0.717, 1.165) is 34.9 Å². The molecule has 106 valence electrons. The Bertz CT molecular complexity index is 824. The number of aromatic nitrogens is 2. The van der Waals surface area contributed by atoms with Crippen molar-refractivity contribution < 1.29 is 4.74 Å². The number of para-hydroxylation sites is 1. The van der Waals surface area contributed by atoms with Crippen LogP contribution in [0.1, 0.15) is 11.3 Å². The van der Waals surface area contributed by atoms with Gasteiger partial charge in [0.15, 0.2) is 0 Å². The van der Waals surface area contributed by atoms with Crippen LogP contribution in [0.25, 0.3) is 17.3 Å². The van der Waals surface area contributed by atoms with Crippen molar-refractivity contribution in [1.29, 1.82) is 0 Å². The molecule has 22 heavy (non-hydrogen) atoms. The molecule has 0 bridgehead atoms. The highest BCUT2D eigenvalue weighted by Crippen LogP contribution is 2.30. The molecular formula is C19H14N2O. The van der Waals surface area contributed by atoms with Crippen molar-refractivity contribution in [2.75, 3.05) is 0 Å².